The van der Waals surface area contributed by atoms with Gasteiger partial charge in [0.1, 0.15) is 12.3 Å². The van der Waals surface area contributed by atoms with E-state index in [-0.39, 0.29) is 0 Å². The minimum atomic E-state index is -3.14. The highest BCUT2D eigenvalue weighted by Crippen LogP contribution is 2.36. The van der Waals surface area contributed by atoms with Crippen LogP contribution in [-0.4, -0.2) is 49.3 Å². The van der Waals surface area contributed by atoms with Gasteiger partial charge in [0, 0.05) is 36.8 Å². The largest absolute Gasteiger partial charge is 0.474 e. The van der Waals surface area contributed by atoms with Crippen molar-refractivity contribution in [3.8, 4) is 5.88 Å². The van der Waals surface area contributed by atoms with Crippen LogP contribution >= 0.6 is 0 Å². The molecular formula is C24H28N6O3S. The number of pyridine rings is 1. The highest BCUT2D eigenvalue weighted by molar-refractivity contribution is 7.90. The van der Waals surface area contributed by atoms with Crippen LogP contribution in [0.4, 0.5) is 23.0 Å². The van der Waals surface area contributed by atoms with Crippen molar-refractivity contribution in [3.63, 3.8) is 0 Å². The number of anilines is 4. The Morgan fingerprint density at radius 2 is 1.97 bits per heavy atom. The van der Waals surface area contributed by atoms with E-state index in [9.17, 15) is 8.42 Å². The van der Waals surface area contributed by atoms with Gasteiger partial charge >= 0.3 is 0 Å². The van der Waals surface area contributed by atoms with Gasteiger partial charge in [0.05, 0.1) is 29.4 Å². The molecule has 9 nitrogen and oxygen atoms in total. The van der Waals surface area contributed by atoms with Crippen LogP contribution in [0.2, 0.25) is 0 Å². The summed E-state index contributed by atoms with van der Waals surface area (Å²) in [6.07, 6.45) is 5.87. The van der Waals surface area contributed by atoms with E-state index in [1.54, 1.807) is 6.92 Å². The van der Waals surface area contributed by atoms with E-state index < -0.39 is 15.1 Å². The SMILES string of the molecule is Cc1c(N2CCc3cnc(Nc4ccc(C(C)S(C)(=O)=O)cc4)nc3C2)cnc2c1NCCO2. The van der Waals surface area contributed by atoms with Crippen molar-refractivity contribution < 1.29 is 13.2 Å². The van der Waals surface area contributed by atoms with Gasteiger partial charge in [-0.05, 0) is 43.5 Å². The molecule has 1 aromatic carbocycles. The van der Waals surface area contributed by atoms with E-state index in [2.05, 4.69) is 32.4 Å². The molecule has 10 heteroatoms. The van der Waals surface area contributed by atoms with Gasteiger partial charge in [-0.15, -0.1) is 0 Å². The normalized spacial score (nSPS) is 16.0. The number of aromatic nitrogens is 3. The van der Waals surface area contributed by atoms with Gasteiger partial charge in [-0.1, -0.05) is 12.1 Å². The van der Waals surface area contributed by atoms with Crippen molar-refractivity contribution in [1.82, 2.24) is 15.0 Å². The quantitative estimate of drug-likeness (QED) is 0.568. The summed E-state index contributed by atoms with van der Waals surface area (Å²) >= 11 is 0. The molecule has 34 heavy (non-hydrogen) atoms. The summed E-state index contributed by atoms with van der Waals surface area (Å²) < 4.78 is 29.3. The summed E-state index contributed by atoms with van der Waals surface area (Å²) in [5.74, 6) is 1.18. The molecule has 2 aromatic heterocycles. The Kier molecular flexibility index (Phi) is 5.76. The first-order valence-electron chi connectivity index (χ1n) is 11.3. The molecule has 0 saturated heterocycles. The lowest BCUT2D eigenvalue weighted by Gasteiger charge is -2.32. The Bertz CT molecular complexity index is 1330. The van der Waals surface area contributed by atoms with Gasteiger partial charge in [0.15, 0.2) is 9.84 Å². The van der Waals surface area contributed by atoms with Gasteiger partial charge in [-0.2, -0.15) is 0 Å². The first kappa shape index (κ1) is 22.4. The average Bonchev–Trinajstić information content (AvgIpc) is 2.83. The van der Waals surface area contributed by atoms with Crippen LogP contribution in [0.15, 0.2) is 36.7 Å². The number of nitrogens with one attached hydrogen (secondary N) is 2. The van der Waals surface area contributed by atoms with Crippen LogP contribution in [0.3, 0.4) is 0 Å². The standard InChI is InChI=1S/C24H28N6O3S/c1-15-21(13-26-23-22(15)25-9-11-33-23)30-10-8-18-12-27-24(29-20(18)14-30)28-19-6-4-17(5-7-19)16(2)34(3,31)32/h4-7,12-13,16,25H,8-11,14H2,1-3H3,(H,27,28,29). The van der Waals surface area contributed by atoms with Crippen LogP contribution < -0.4 is 20.3 Å². The third-order valence-corrected chi connectivity index (χ3v) is 8.04. The number of hydrogen-bond donors (Lipinski definition) is 2. The molecular weight excluding hydrogens is 452 g/mol. The number of hydrogen-bond acceptors (Lipinski definition) is 9. The van der Waals surface area contributed by atoms with E-state index in [0.29, 0.717) is 25.0 Å². The summed E-state index contributed by atoms with van der Waals surface area (Å²) in [5, 5.41) is 6.09. The highest BCUT2D eigenvalue weighted by atomic mass is 32.2. The Morgan fingerprint density at radius 1 is 1.18 bits per heavy atom. The first-order valence-corrected chi connectivity index (χ1v) is 13.3. The molecule has 3 aromatic rings. The molecule has 1 atom stereocenters. The van der Waals surface area contributed by atoms with Gasteiger partial charge in [-0.3, -0.25) is 0 Å². The molecule has 2 aliphatic rings. The summed E-state index contributed by atoms with van der Waals surface area (Å²) in [4.78, 5) is 16.1. The zero-order valence-electron chi connectivity index (χ0n) is 19.5. The van der Waals surface area contributed by atoms with Crippen LogP contribution in [0.5, 0.6) is 5.88 Å². The van der Waals surface area contributed by atoms with Crippen molar-refractivity contribution in [1.29, 1.82) is 0 Å². The number of ether oxygens (including phenoxy) is 1. The zero-order chi connectivity index (χ0) is 23.9. The van der Waals surface area contributed by atoms with Crippen molar-refractivity contribution in [2.45, 2.75) is 32.1 Å². The zero-order valence-corrected chi connectivity index (χ0v) is 20.3. The Balaban J connectivity index is 1.34. The lowest BCUT2D eigenvalue weighted by Crippen LogP contribution is -2.32. The molecule has 0 fully saturated rings. The second-order valence-electron chi connectivity index (χ2n) is 8.78. The van der Waals surface area contributed by atoms with Crippen LogP contribution in [0.1, 0.15) is 34.6 Å². The van der Waals surface area contributed by atoms with Gasteiger partial charge < -0.3 is 20.3 Å². The molecule has 4 heterocycles. The fourth-order valence-corrected chi connectivity index (χ4v) is 4.96. The second kappa shape index (κ2) is 8.75. The van der Waals surface area contributed by atoms with Crippen molar-refractivity contribution >= 4 is 32.8 Å². The minimum Gasteiger partial charge on any atom is -0.474 e. The van der Waals surface area contributed by atoms with E-state index in [1.807, 2.05) is 36.7 Å². The second-order valence-corrected chi connectivity index (χ2v) is 11.1. The van der Waals surface area contributed by atoms with E-state index >= 15 is 0 Å². The summed E-state index contributed by atoms with van der Waals surface area (Å²) in [5.41, 5.74) is 6.85. The Labute approximate surface area is 199 Å². The fraction of sp³-hybridized carbons (Fsp3) is 0.375. The topological polar surface area (TPSA) is 109 Å². The van der Waals surface area contributed by atoms with E-state index in [1.165, 1.54) is 6.26 Å². The molecule has 0 spiro atoms. The number of benzene rings is 1. The highest BCUT2D eigenvalue weighted by Gasteiger charge is 2.24. The Morgan fingerprint density at radius 3 is 2.74 bits per heavy atom. The molecule has 0 saturated carbocycles. The molecule has 0 radical (unpaired) electrons. The third kappa shape index (κ3) is 4.37. The summed E-state index contributed by atoms with van der Waals surface area (Å²) in [6, 6.07) is 7.34. The van der Waals surface area contributed by atoms with E-state index in [0.717, 1.165) is 59.0 Å². The lowest BCUT2D eigenvalue weighted by molar-refractivity contribution is 0.310. The molecule has 178 valence electrons. The molecule has 2 N–H and O–H groups in total. The molecule has 0 aliphatic carbocycles. The maximum atomic E-state index is 11.8. The molecule has 0 amide bonds. The predicted molar refractivity (Wildman–Crippen MR) is 133 cm³/mol. The number of fused-ring (bicyclic) bond motifs is 2. The predicted octanol–water partition coefficient (Wildman–Crippen LogP) is 3.40. The van der Waals surface area contributed by atoms with Crippen molar-refractivity contribution in [2.24, 2.45) is 0 Å². The van der Waals surface area contributed by atoms with Crippen LogP contribution in [0.25, 0.3) is 0 Å². The molecule has 5 rings (SSSR count). The first-order chi connectivity index (χ1) is 16.3. The van der Waals surface area contributed by atoms with Gasteiger partial charge in [0.2, 0.25) is 11.8 Å². The van der Waals surface area contributed by atoms with Gasteiger partial charge in [0.25, 0.3) is 0 Å². The maximum Gasteiger partial charge on any atom is 0.237 e. The number of rotatable bonds is 5. The Hall–Kier alpha value is -3.40. The smallest absolute Gasteiger partial charge is 0.237 e. The third-order valence-electron chi connectivity index (χ3n) is 6.48. The average molecular weight is 481 g/mol. The van der Waals surface area contributed by atoms with Crippen molar-refractivity contribution in [2.75, 3.05) is 41.5 Å². The van der Waals surface area contributed by atoms with Gasteiger partial charge in [-0.25, -0.2) is 23.4 Å². The number of nitrogens with zero attached hydrogens (tertiary/aromatic N) is 4. The van der Waals surface area contributed by atoms with E-state index in [4.69, 9.17) is 9.72 Å². The fourth-order valence-electron chi connectivity index (χ4n) is 4.31. The monoisotopic (exact) mass is 480 g/mol. The van der Waals surface area contributed by atoms with Crippen molar-refractivity contribution in [3.05, 3.63) is 59.0 Å². The molecule has 0 bridgehead atoms. The lowest BCUT2D eigenvalue weighted by atomic mass is 10.0. The molecule has 2 aliphatic heterocycles. The van der Waals surface area contributed by atoms with Crippen LogP contribution in [-0.2, 0) is 22.8 Å². The maximum absolute atomic E-state index is 11.8. The number of sulfone groups is 1. The minimum absolute atomic E-state index is 0.514. The summed E-state index contributed by atoms with van der Waals surface area (Å²) in [7, 11) is -3.14. The van der Waals surface area contributed by atoms with Crippen LogP contribution in [0, 0.1) is 6.92 Å². The molecule has 1 unspecified atom stereocenters. The summed E-state index contributed by atoms with van der Waals surface area (Å²) in [6.45, 7) is 6.72.